The van der Waals surface area contributed by atoms with Crippen LogP contribution >= 0.6 is 0 Å². The summed E-state index contributed by atoms with van der Waals surface area (Å²) in [5.74, 6) is -4.04. The molecule has 0 amide bonds. The standard InChI is InChI=1S/C9H8F2O3/c1-14-7(13)4-5-2-3-6(12)9(11)8(5)10/h2-3,12H,4H2,1H3. The minimum Gasteiger partial charge on any atom is -0.505 e. The first kappa shape index (κ1) is 10.4. The Balaban J connectivity index is 3.00. The monoisotopic (exact) mass is 202 g/mol. The van der Waals surface area contributed by atoms with Crippen LogP contribution in [0.4, 0.5) is 8.78 Å². The van der Waals surface area contributed by atoms with Gasteiger partial charge < -0.3 is 9.84 Å². The third kappa shape index (κ3) is 1.99. The Hall–Kier alpha value is -1.65. The first-order chi connectivity index (χ1) is 6.56. The fraction of sp³-hybridized carbons (Fsp3) is 0.222. The third-order valence-electron chi connectivity index (χ3n) is 1.70. The van der Waals surface area contributed by atoms with E-state index in [1.807, 2.05) is 0 Å². The molecule has 1 rings (SSSR count). The predicted molar refractivity (Wildman–Crippen MR) is 43.7 cm³/mol. The molecule has 76 valence electrons. The quantitative estimate of drug-likeness (QED) is 0.737. The van der Waals surface area contributed by atoms with Crippen molar-refractivity contribution in [3.63, 3.8) is 0 Å². The van der Waals surface area contributed by atoms with E-state index in [1.54, 1.807) is 0 Å². The van der Waals surface area contributed by atoms with Gasteiger partial charge in [0.15, 0.2) is 11.6 Å². The van der Waals surface area contributed by atoms with Gasteiger partial charge in [0.2, 0.25) is 5.82 Å². The molecule has 0 heterocycles. The molecule has 3 nitrogen and oxygen atoms in total. The van der Waals surface area contributed by atoms with E-state index < -0.39 is 23.4 Å². The van der Waals surface area contributed by atoms with Crippen LogP contribution in [0.2, 0.25) is 0 Å². The van der Waals surface area contributed by atoms with E-state index in [0.29, 0.717) is 0 Å². The number of hydrogen-bond acceptors (Lipinski definition) is 3. The van der Waals surface area contributed by atoms with E-state index in [1.165, 1.54) is 0 Å². The molecule has 0 aliphatic heterocycles. The number of rotatable bonds is 2. The molecule has 1 aromatic carbocycles. The number of phenols is 1. The molecule has 0 saturated heterocycles. The summed E-state index contributed by atoms with van der Waals surface area (Å²) >= 11 is 0. The molecule has 0 aromatic heterocycles. The molecule has 0 atom stereocenters. The lowest BCUT2D eigenvalue weighted by Crippen LogP contribution is -2.07. The average molecular weight is 202 g/mol. The zero-order chi connectivity index (χ0) is 10.7. The number of benzene rings is 1. The molecular formula is C9H8F2O3. The Bertz CT molecular complexity index is 363. The van der Waals surface area contributed by atoms with Gasteiger partial charge in [0.1, 0.15) is 0 Å². The number of aromatic hydroxyl groups is 1. The predicted octanol–water partition coefficient (Wildman–Crippen LogP) is 1.39. The molecular weight excluding hydrogens is 194 g/mol. The van der Waals surface area contributed by atoms with Crippen LogP contribution in [-0.4, -0.2) is 18.2 Å². The molecule has 0 fully saturated rings. The molecule has 0 aliphatic carbocycles. The molecule has 0 radical (unpaired) electrons. The van der Waals surface area contributed by atoms with Crippen LogP contribution in [0.25, 0.3) is 0 Å². The van der Waals surface area contributed by atoms with Crippen molar-refractivity contribution >= 4 is 5.97 Å². The SMILES string of the molecule is COC(=O)Cc1ccc(O)c(F)c1F. The Morgan fingerprint density at radius 3 is 2.64 bits per heavy atom. The highest BCUT2D eigenvalue weighted by Crippen LogP contribution is 2.21. The van der Waals surface area contributed by atoms with E-state index in [4.69, 9.17) is 5.11 Å². The van der Waals surface area contributed by atoms with Crippen LogP contribution in [-0.2, 0) is 16.0 Å². The van der Waals surface area contributed by atoms with Crippen LogP contribution in [0.5, 0.6) is 5.75 Å². The third-order valence-corrected chi connectivity index (χ3v) is 1.70. The summed E-state index contributed by atoms with van der Waals surface area (Å²) in [5, 5.41) is 8.78. The maximum atomic E-state index is 13.0. The van der Waals surface area contributed by atoms with Gasteiger partial charge in [-0.3, -0.25) is 4.79 Å². The van der Waals surface area contributed by atoms with E-state index in [-0.39, 0.29) is 12.0 Å². The van der Waals surface area contributed by atoms with Crippen molar-refractivity contribution < 1.29 is 23.4 Å². The van der Waals surface area contributed by atoms with Gasteiger partial charge in [-0.1, -0.05) is 6.07 Å². The lowest BCUT2D eigenvalue weighted by Gasteiger charge is -2.03. The number of ether oxygens (including phenoxy) is 1. The van der Waals surface area contributed by atoms with Crippen molar-refractivity contribution in [3.05, 3.63) is 29.3 Å². The van der Waals surface area contributed by atoms with Crippen molar-refractivity contribution in [2.24, 2.45) is 0 Å². The van der Waals surface area contributed by atoms with Crippen molar-refractivity contribution in [1.82, 2.24) is 0 Å². The molecule has 0 saturated carbocycles. The Kier molecular flexibility index (Phi) is 3.01. The first-order valence-electron chi connectivity index (χ1n) is 3.79. The maximum absolute atomic E-state index is 13.0. The van der Waals surface area contributed by atoms with Crippen LogP contribution < -0.4 is 0 Å². The second kappa shape index (κ2) is 4.04. The Morgan fingerprint density at radius 1 is 1.43 bits per heavy atom. The Labute approximate surface area is 78.9 Å². The normalized spacial score (nSPS) is 9.93. The zero-order valence-corrected chi connectivity index (χ0v) is 7.38. The maximum Gasteiger partial charge on any atom is 0.310 e. The number of esters is 1. The van der Waals surface area contributed by atoms with Gasteiger partial charge in [-0.15, -0.1) is 0 Å². The number of halogens is 2. The summed E-state index contributed by atoms with van der Waals surface area (Å²) in [6, 6.07) is 2.11. The van der Waals surface area contributed by atoms with Gasteiger partial charge in [-0.25, -0.2) is 4.39 Å². The molecule has 0 unspecified atom stereocenters. The lowest BCUT2D eigenvalue weighted by molar-refractivity contribution is -0.139. The van der Waals surface area contributed by atoms with Crippen molar-refractivity contribution in [3.8, 4) is 5.75 Å². The van der Waals surface area contributed by atoms with Gasteiger partial charge in [0.05, 0.1) is 13.5 Å². The van der Waals surface area contributed by atoms with Crippen LogP contribution in [0, 0.1) is 11.6 Å². The largest absolute Gasteiger partial charge is 0.505 e. The highest BCUT2D eigenvalue weighted by atomic mass is 19.2. The number of carbonyl (C=O) groups is 1. The summed E-state index contributed by atoms with van der Waals surface area (Å²) in [6.45, 7) is 0. The summed E-state index contributed by atoms with van der Waals surface area (Å²) in [5.41, 5.74) is -0.146. The Morgan fingerprint density at radius 2 is 2.07 bits per heavy atom. The average Bonchev–Trinajstić information content (AvgIpc) is 2.19. The van der Waals surface area contributed by atoms with E-state index in [0.717, 1.165) is 19.2 Å². The molecule has 0 bridgehead atoms. The number of hydrogen-bond donors (Lipinski definition) is 1. The van der Waals surface area contributed by atoms with Gasteiger partial charge in [-0.05, 0) is 6.07 Å². The lowest BCUT2D eigenvalue weighted by atomic mass is 10.1. The first-order valence-corrected chi connectivity index (χ1v) is 3.79. The smallest absolute Gasteiger partial charge is 0.310 e. The van der Waals surface area contributed by atoms with E-state index in [9.17, 15) is 13.6 Å². The summed E-state index contributed by atoms with van der Waals surface area (Å²) in [6.07, 6.45) is -0.362. The molecule has 14 heavy (non-hydrogen) atoms. The van der Waals surface area contributed by atoms with E-state index in [2.05, 4.69) is 4.74 Å². The van der Waals surface area contributed by atoms with Gasteiger partial charge in [-0.2, -0.15) is 4.39 Å². The highest BCUT2D eigenvalue weighted by molar-refractivity contribution is 5.72. The molecule has 0 spiro atoms. The van der Waals surface area contributed by atoms with E-state index >= 15 is 0 Å². The highest BCUT2D eigenvalue weighted by Gasteiger charge is 2.15. The van der Waals surface area contributed by atoms with Crippen LogP contribution in [0.3, 0.4) is 0 Å². The molecule has 0 aliphatic rings. The van der Waals surface area contributed by atoms with Crippen molar-refractivity contribution in [2.75, 3.05) is 7.11 Å². The molecule has 5 heteroatoms. The van der Waals surface area contributed by atoms with Gasteiger partial charge >= 0.3 is 5.97 Å². The molecule has 1 aromatic rings. The fourth-order valence-electron chi connectivity index (χ4n) is 0.943. The topological polar surface area (TPSA) is 46.5 Å². The number of methoxy groups -OCH3 is 1. The minimum atomic E-state index is -1.36. The number of carbonyl (C=O) groups excluding carboxylic acids is 1. The van der Waals surface area contributed by atoms with Crippen LogP contribution in [0.15, 0.2) is 12.1 Å². The fourth-order valence-corrected chi connectivity index (χ4v) is 0.943. The van der Waals surface area contributed by atoms with Crippen molar-refractivity contribution in [2.45, 2.75) is 6.42 Å². The summed E-state index contributed by atoms with van der Waals surface area (Å²) < 4.78 is 30.1. The second-order valence-corrected chi connectivity index (χ2v) is 2.62. The number of phenolic OH excluding ortho intramolecular Hbond substituents is 1. The molecule has 1 N–H and O–H groups in total. The summed E-state index contributed by atoms with van der Waals surface area (Å²) in [4.78, 5) is 10.8. The zero-order valence-electron chi connectivity index (χ0n) is 7.38. The van der Waals surface area contributed by atoms with Crippen molar-refractivity contribution in [1.29, 1.82) is 0 Å². The van der Waals surface area contributed by atoms with Gasteiger partial charge in [0.25, 0.3) is 0 Å². The van der Waals surface area contributed by atoms with Crippen LogP contribution in [0.1, 0.15) is 5.56 Å². The second-order valence-electron chi connectivity index (χ2n) is 2.62. The minimum absolute atomic E-state index is 0.146. The summed E-state index contributed by atoms with van der Waals surface area (Å²) in [7, 11) is 1.15. The van der Waals surface area contributed by atoms with Gasteiger partial charge in [0, 0.05) is 5.56 Å².